The van der Waals surface area contributed by atoms with Crippen molar-refractivity contribution in [1.29, 1.82) is 0 Å². The number of nitrogens with zero attached hydrogens (tertiary/aromatic N) is 5. The number of phenols is 1. The monoisotopic (exact) mass is 830 g/mol. The number of imide groups is 2. The molecule has 1 saturated carbocycles. The normalized spacial score (nSPS) is 24.1. The van der Waals surface area contributed by atoms with Gasteiger partial charge in [-0.2, -0.15) is 15.2 Å². The summed E-state index contributed by atoms with van der Waals surface area (Å²) in [6.45, 7) is 1.95. The van der Waals surface area contributed by atoms with Crippen LogP contribution < -0.4 is 24.7 Å². The number of aromatic hydroxyl groups is 1. The summed E-state index contributed by atoms with van der Waals surface area (Å²) >= 11 is 0. The molecule has 0 aromatic heterocycles. The van der Waals surface area contributed by atoms with E-state index in [0.29, 0.717) is 33.9 Å². The van der Waals surface area contributed by atoms with Crippen molar-refractivity contribution in [2.75, 3.05) is 43.5 Å². The van der Waals surface area contributed by atoms with Gasteiger partial charge in [0, 0.05) is 25.7 Å². The molecule has 0 radical (unpaired) electrons. The highest BCUT2D eigenvalue weighted by molar-refractivity contribution is 6.22. The van der Waals surface area contributed by atoms with E-state index in [1.807, 2.05) is 111 Å². The zero-order valence-electron chi connectivity index (χ0n) is 35.0. The number of ether oxygens (including phenoxy) is 2. The van der Waals surface area contributed by atoms with E-state index in [4.69, 9.17) is 9.47 Å². The molecular formula is C49H46N6O7. The lowest BCUT2D eigenvalue weighted by Gasteiger charge is -2.50. The fraction of sp³-hybridized carbons (Fsp3) is 0.265. The molecular weight excluding hydrogens is 785 g/mol. The molecule has 62 heavy (non-hydrogen) atoms. The minimum absolute atomic E-state index is 0.116. The Kier molecular flexibility index (Phi) is 10.1. The Balaban J connectivity index is 1.13. The summed E-state index contributed by atoms with van der Waals surface area (Å²) in [5.41, 5.74) is 7.78. The summed E-state index contributed by atoms with van der Waals surface area (Å²) in [5, 5.41) is 20.9. The summed E-state index contributed by atoms with van der Waals surface area (Å²) < 4.78 is 11.3. The maximum absolute atomic E-state index is 15.5. The first-order valence-corrected chi connectivity index (χ1v) is 20.5. The van der Waals surface area contributed by atoms with Crippen LogP contribution in [0.4, 0.5) is 28.4 Å². The molecule has 2 saturated heterocycles. The third-order valence-electron chi connectivity index (χ3n) is 13.0. The molecule has 2 aliphatic heterocycles. The van der Waals surface area contributed by atoms with Crippen molar-refractivity contribution in [3.63, 3.8) is 0 Å². The van der Waals surface area contributed by atoms with Crippen molar-refractivity contribution in [2.45, 2.75) is 31.1 Å². The van der Waals surface area contributed by atoms with Crippen molar-refractivity contribution >= 4 is 52.1 Å². The maximum Gasteiger partial charge on any atom is 0.260 e. The molecule has 0 spiro atoms. The van der Waals surface area contributed by atoms with Gasteiger partial charge >= 0.3 is 0 Å². The molecule has 5 aromatic carbocycles. The van der Waals surface area contributed by atoms with E-state index in [1.54, 1.807) is 36.4 Å². The zero-order valence-corrected chi connectivity index (χ0v) is 35.0. The molecule has 314 valence electrons. The Bertz CT molecular complexity index is 2620. The van der Waals surface area contributed by atoms with Crippen LogP contribution in [0.5, 0.6) is 17.2 Å². The van der Waals surface area contributed by atoms with Crippen LogP contribution in [0.15, 0.2) is 137 Å². The van der Waals surface area contributed by atoms with Crippen LogP contribution >= 0.6 is 0 Å². The number of phenolic OH excluding ortho intramolecular Hbond substituents is 1. The number of anilines is 3. The molecule has 3 fully saturated rings. The minimum Gasteiger partial charge on any atom is -0.502 e. The van der Waals surface area contributed by atoms with E-state index in [2.05, 4.69) is 15.7 Å². The van der Waals surface area contributed by atoms with E-state index in [0.717, 1.165) is 21.8 Å². The highest BCUT2D eigenvalue weighted by Gasteiger charge is 2.70. The number of azo groups is 1. The molecule has 2 N–H and O–H groups in total. The van der Waals surface area contributed by atoms with Crippen molar-refractivity contribution in [1.82, 2.24) is 5.01 Å². The lowest BCUT2D eigenvalue weighted by atomic mass is 9.49. The number of carbonyl (C=O) groups is 4. The maximum atomic E-state index is 15.5. The summed E-state index contributed by atoms with van der Waals surface area (Å²) in [4.78, 5) is 63.1. The highest BCUT2D eigenvalue weighted by Crippen LogP contribution is 2.65. The first kappa shape index (κ1) is 40.1. The number of benzene rings is 5. The summed E-state index contributed by atoms with van der Waals surface area (Å²) in [6.07, 6.45) is 2.35. The molecule has 13 heteroatoms. The Morgan fingerprint density at radius 2 is 1.37 bits per heavy atom. The van der Waals surface area contributed by atoms with Gasteiger partial charge in [-0.25, -0.2) is 0 Å². The second-order valence-corrected chi connectivity index (χ2v) is 16.5. The van der Waals surface area contributed by atoms with E-state index in [1.165, 1.54) is 19.1 Å². The number of allylic oxidation sites excluding steroid dienone is 2. The Morgan fingerprint density at radius 1 is 0.758 bits per heavy atom. The van der Waals surface area contributed by atoms with Gasteiger partial charge in [-0.05, 0) is 110 Å². The van der Waals surface area contributed by atoms with E-state index in [9.17, 15) is 14.7 Å². The quantitative estimate of drug-likeness (QED) is 0.0803. The van der Waals surface area contributed by atoms with Crippen LogP contribution in [-0.4, -0.2) is 62.1 Å². The number of rotatable bonds is 10. The number of hydrogen-bond donors (Lipinski definition) is 2. The SMILES string of the molecule is COc1cc(C2C3=CCC4C(=O)N(c5ccc(N=Nc6ccc(N(C)C)cc6)cc5)C(=O)C4C3CC3C(=O)N(Nc4ccc(C)cc4)C(=O)C32c2ccccc2)cc(OC)c1O. The number of fused-ring (bicyclic) bond motifs is 4. The number of amides is 4. The first-order chi connectivity index (χ1) is 30.0. The Morgan fingerprint density at radius 3 is 1.97 bits per heavy atom. The molecule has 2 heterocycles. The van der Waals surface area contributed by atoms with Gasteiger partial charge in [-0.15, -0.1) is 0 Å². The molecule has 9 rings (SSSR count). The van der Waals surface area contributed by atoms with Gasteiger partial charge in [0.25, 0.3) is 11.8 Å². The van der Waals surface area contributed by atoms with Crippen LogP contribution in [-0.2, 0) is 24.6 Å². The van der Waals surface area contributed by atoms with Gasteiger partial charge in [0.2, 0.25) is 17.6 Å². The zero-order chi connectivity index (χ0) is 43.4. The van der Waals surface area contributed by atoms with Gasteiger partial charge in [0.1, 0.15) is 0 Å². The summed E-state index contributed by atoms with van der Waals surface area (Å²) in [6, 6.07) is 34.5. The molecule has 6 unspecified atom stereocenters. The first-order valence-electron chi connectivity index (χ1n) is 20.5. The van der Waals surface area contributed by atoms with Gasteiger partial charge in [0.15, 0.2) is 11.5 Å². The van der Waals surface area contributed by atoms with Crippen molar-refractivity contribution in [3.8, 4) is 17.2 Å². The van der Waals surface area contributed by atoms with Gasteiger partial charge in [-0.3, -0.25) is 29.5 Å². The molecule has 0 bridgehead atoms. The van der Waals surface area contributed by atoms with Crippen molar-refractivity contribution < 1.29 is 33.8 Å². The lowest BCUT2D eigenvalue weighted by molar-refractivity contribution is -0.138. The van der Waals surface area contributed by atoms with Crippen LogP contribution in [0.25, 0.3) is 0 Å². The third-order valence-corrected chi connectivity index (χ3v) is 13.0. The molecule has 13 nitrogen and oxygen atoms in total. The average Bonchev–Trinajstić information content (AvgIpc) is 3.67. The predicted octanol–water partition coefficient (Wildman–Crippen LogP) is 8.39. The highest BCUT2D eigenvalue weighted by atomic mass is 16.5. The second kappa shape index (κ2) is 15.6. The Labute approximate surface area is 359 Å². The number of nitrogens with one attached hydrogen (secondary N) is 1. The number of methoxy groups -OCH3 is 2. The average molecular weight is 831 g/mol. The topological polar surface area (TPSA) is 153 Å². The number of carbonyl (C=O) groups excluding carboxylic acids is 4. The van der Waals surface area contributed by atoms with Gasteiger partial charge in [-0.1, -0.05) is 59.7 Å². The molecule has 5 aromatic rings. The van der Waals surface area contributed by atoms with E-state index >= 15 is 9.59 Å². The molecule has 2 aliphatic carbocycles. The predicted molar refractivity (Wildman–Crippen MR) is 234 cm³/mol. The third kappa shape index (κ3) is 6.38. The minimum atomic E-state index is -1.51. The summed E-state index contributed by atoms with van der Waals surface area (Å²) in [7, 11) is 6.78. The van der Waals surface area contributed by atoms with Crippen molar-refractivity contribution in [2.24, 2.45) is 33.9 Å². The lowest BCUT2D eigenvalue weighted by Crippen LogP contribution is -2.53. The molecule has 4 aliphatic rings. The van der Waals surface area contributed by atoms with Gasteiger partial charge in [0.05, 0.1) is 60.1 Å². The molecule has 4 amide bonds. The second-order valence-electron chi connectivity index (χ2n) is 16.5. The number of aryl methyl sites for hydroxylation is 1. The van der Waals surface area contributed by atoms with Crippen LogP contribution in [0.1, 0.15) is 35.4 Å². The van der Waals surface area contributed by atoms with E-state index in [-0.39, 0.29) is 41.9 Å². The van der Waals surface area contributed by atoms with Gasteiger partial charge < -0.3 is 19.5 Å². The molecule has 6 atom stereocenters. The van der Waals surface area contributed by atoms with Crippen LogP contribution in [0, 0.1) is 30.6 Å². The number of hydrogen-bond acceptors (Lipinski definition) is 11. The van der Waals surface area contributed by atoms with Crippen LogP contribution in [0.3, 0.4) is 0 Å². The van der Waals surface area contributed by atoms with Crippen molar-refractivity contribution in [3.05, 3.63) is 144 Å². The standard InChI is InChI=1S/C49H46N6O7/c1-28-11-13-33(14-12-28)52-55-46(58)39-27-38-36(43(29-25-40(61-4)44(56)41(26-29)62-5)49(39,48(55)60)30-9-7-6-8-10-30)23-24-37-42(38)47(59)54(45(37)57)35-21-17-32(18-22-35)51-50-31-15-19-34(20-16-31)53(2)3/h6-23,25-26,37-39,42-43,52,56H,24,27H2,1-5H3. The largest absolute Gasteiger partial charge is 0.502 e. The summed E-state index contributed by atoms with van der Waals surface area (Å²) in [5.74, 6) is -5.51. The van der Waals surface area contributed by atoms with E-state index < -0.39 is 46.8 Å². The smallest absolute Gasteiger partial charge is 0.260 e. The fourth-order valence-electron chi connectivity index (χ4n) is 10.1. The van der Waals surface area contributed by atoms with Crippen LogP contribution in [0.2, 0.25) is 0 Å². The fourth-order valence-corrected chi connectivity index (χ4v) is 10.1. The number of hydrazine groups is 1. The Hall–Kier alpha value is -7.28.